The van der Waals surface area contributed by atoms with Crippen LogP contribution < -0.4 is 0 Å². The summed E-state index contributed by atoms with van der Waals surface area (Å²) in [6.07, 6.45) is 8.47. The van der Waals surface area contributed by atoms with Gasteiger partial charge in [-0.05, 0) is 25.7 Å². The summed E-state index contributed by atoms with van der Waals surface area (Å²) in [5.41, 5.74) is -1.16. The third-order valence-corrected chi connectivity index (χ3v) is 4.67. The molecule has 0 spiro atoms. The van der Waals surface area contributed by atoms with Crippen LogP contribution in [-0.2, 0) is 14.4 Å². The first kappa shape index (κ1) is 15.7. The predicted octanol–water partition coefficient (Wildman–Crippen LogP) is 2.79. The van der Waals surface area contributed by atoms with Crippen LogP contribution in [0.2, 0.25) is 0 Å². The largest absolute Gasteiger partial charge is 0.298 e. The number of hydrogen-bond acceptors (Lipinski definition) is 3. The fourth-order valence-electron chi connectivity index (χ4n) is 3.54. The molecule has 21 heavy (non-hydrogen) atoms. The number of allylic oxidation sites excluding steroid dienone is 2. The minimum absolute atomic E-state index is 0.0409. The second kappa shape index (κ2) is 6.37. The van der Waals surface area contributed by atoms with Crippen molar-refractivity contribution in [3.8, 4) is 0 Å². The highest BCUT2D eigenvalue weighted by molar-refractivity contribution is 6.21. The predicted molar refractivity (Wildman–Crippen MR) is 80.4 cm³/mol. The summed E-state index contributed by atoms with van der Waals surface area (Å²) in [5.74, 6) is -0.958. The van der Waals surface area contributed by atoms with E-state index < -0.39 is 5.41 Å². The van der Waals surface area contributed by atoms with Gasteiger partial charge in [0.15, 0.2) is 5.78 Å². The van der Waals surface area contributed by atoms with E-state index >= 15 is 0 Å². The lowest BCUT2D eigenvalue weighted by atomic mass is 9.71. The lowest BCUT2D eigenvalue weighted by Crippen LogP contribution is -2.59. The highest BCUT2D eigenvalue weighted by Gasteiger charge is 2.53. The lowest BCUT2D eigenvalue weighted by molar-refractivity contribution is -0.165. The molecule has 1 aliphatic carbocycles. The van der Waals surface area contributed by atoms with Gasteiger partial charge in [-0.25, -0.2) is 0 Å². The molecule has 2 aliphatic rings. The van der Waals surface area contributed by atoms with Gasteiger partial charge in [0.1, 0.15) is 5.41 Å². The van der Waals surface area contributed by atoms with Crippen LogP contribution in [0.3, 0.4) is 0 Å². The summed E-state index contributed by atoms with van der Waals surface area (Å²) in [7, 11) is 0. The topological polar surface area (TPSA) is 54.5 Å². The average Bonchev–Trinajstić information content (AvgIpc) is 2.46. The molecule has 1 saturated carbocycles. The number of ketones is 1. The van der Waals surface area contributed by atoms with Gasteiger partial charge in [0.25, 0.3) is 0 Å². The van der Waals surface area contributed by atoms with E-state index in [-0.39, 0.29) is 42.9 Å². The van der Waals surface area contributed by atoms with Gasteiger partial charge in [-0.1, -0.05) is 31.4 Å². The molecule has 1 saturated heterocycles. The zero-order valence-electron chi connectivity index (χ0n) is 12.5. The average molecular weight is 289 g/mol. The first-order valence-electron chi connectivity index (χ1n) is 7.68. The molecular weight excluding hydrogens is 266 g/mol. The Hall–Kier alpha value is -1.71. The molecule has 114 valence electrons. The zero-order valence-corrected chi connectivity index (χ0v) is 12.5. The zero-order chi connectivity index (χ0) is 15.5. The Morgan fingerprint density at radius 2 is 1.62 bits per heavy atom. The fourth-order valence-corrected chi connectivity index (χ4v) is 3.54. The number of hydrogen-bond donors (Lipinski definition) is 0. The number of Topliss-reactive ketones (excluding diaryl/α,β-unsaturated/α-hetero) is 1. The second-order valence-corrected chi connectivity index (χ2v) is 6.03. The Morgan fingerprint density at radius 3 is 2.14 bits per heavy atom. The van der Waals surface area contributed by atoms with Crippen LogP contribution in [0, 0.1) is 5.41 Å². The number of carbonyl (C=O) groups is 3. The van der Waals surface area contributed by atoms with Gasteiger partial charge in [0.2, 0.25) is 11.8 Å². The Labute approximate surface area is 125 Å². The third kappa shape index (κ3) is 2.71. The SMILES string of the molecule is C=CCC1(CC=C)C(=O)CC(=O)N(C2CCCCC2)C1=O. The monoisotopic (exact) mass is 289 g/mol. The van der Waals surface area contributed by atoms with Crippen molar-refractivity contribution in [3.05, 3.63) is 25.3 Å². The van der Waals surface area contributed by atoms with Crippen molar-refractivity contribution in [3.63, 3.8) is 0 Å². The number of nitrogens with zero attached hydrogens (tertiary/aromatic N) is 1. The summed E-state index contributed by atoms with van der Waals surface area (Å²) in [5, 5.41) is 0. The Morgan fingerprint density at radius 1 is 1.05 bits per heavy atom. The Kier molecular flexibility index (Phi) is 4.76. The van der Waals surface area contributed by atoms with E-state index in [0.717, 1.165) is 32.1 Å². The maximum absolute atomic E-state index is 12.9. The van der Waals surface area contributed by atoms with Crippen LogP contribution in [0.5, 0.6) is 0 Å². The molecule has 0 aromatic heterocycles. The van der Waals surface area contributed by atoms with Gasteiger partial charge in [0, 0.05) is 6.04 Å². The number of amides is 2. The summed E-state index contributed by atoms with van der Waals surface area (Å²) < 4.78 is 0. The fraction of sp³-hybridized carbons (Fsp3) is 0.588. The third-order valence-electron chi connectivity index (χ3n) is 4.67. The van der Waals surface area contributed by atoms with Crippen molar-refractivity contribution in [1.29, 1.82) is 0 Å². The smallest absolute Gasteiger partial charge is 0.243 e. The number of piperidine rings is 1. The molecule has 2 amide bonds. The maximum Gasteiger partial charge on any atom is 0.243 e. The molecular formula is C17H23NO3. The Balaban J connectivity index is 2.35. The van der Waals surface area contributed by atoms with E-state index in [2.05, 4.69) is 13.2 Å². The molecule has 0 aromatic rings. The van der Waals surface area contributed by atoms with Crippen LogP contribution in [0.1, 0.15) is 51.4 Å². The summed E-state index contributed by atoms with van der Waals surface area (Å²) in [4.78, 5) is 38.9. The van der Waals surface area contributed by atoms with Gasteiger partial charge in [-0.3, -0.25) is 19.3 Å². The van der Waals surface area contributed by atoms with Crippen LogP contribution >= 0.6 is 0 Å². The van der Waals surface area contributed by atoms with Crippen LogP contribution in [0.25, 0.3) is 0 Å². The van der Waals surface area contributed by atoms with E-state index in [1.54, 1.807) is 12.2 Å². The van der Waals surface area contributed by atoms with Crippen molar-refractivity contribution < 1.29 is 14.4 Å². The van der Waals surface area contributed by atoms with Crippen LogP contribution in [0.4, 0.5) is 0 Å². The minimum atomic E-state index is -1.16. The highest BCUT2D eigenvalue weighted by atomic mass is 16.2. The molecule has 0 N–H and O–H groups in total. The number of likely N-dealkylation sites (tertiary alicyclic amines) is 1. The van der Waals surface area contributed by atoms with E-state index in [9.17, 15) is 14.4 Å². The van der Waals surface area contributed by atoms with Gasteiger partial charge in [-0.15, -0.1) is 13.2 Å². The summed E-state index contributed by atoms with van der Waals surface area (Å²) in [6.45, 7) is 7.33. The maximum atomic E-state index is 12.9. The molecule has 4 nitrogen and oxygen atoms in total. The number of carbonyl (C=O) groups excluding carboxylic acids is 3. The standard InChI is InChI=1S/C17H23NO3/c1-3-10-17(11-4-2)14(19)12-15(20)18(16(17)21)13-8-6-5-7-9-13/h3-4,13H,1-2,5-12H2. The number of rotatable bonds is 5. The normalized spacial score (nSPS) is 23.2. The van der Waals surface area contributed by atoms with Crippen LogP contribution in [-0.4, -0.2) is 28.5 Å². The molecule has 0 bridgehead atoms. The van der Waals surface area contributed by atoms with Gasteiger partial charge in [-0.2, -0.15) is 0 Å². The Bertz CT molecular complexity index is 464. The lowest BCUT2D eigenvalue weighted by Gasteiger charge is -2.42. The molecule has 2 rings (SSSR count). The highest BCUT2D eigenvalue weighted by Crippen LogP contribution is 2.39. The van der Waals surface area contributed by atoms with E-state index in [1.807, 2.05) is 0 Å². The molecule has 0 radical (unpaired) electrons. The molecule has 2 fully saturated rings. The number of imide groups is 1. The van der Waals surface area contributed by atoms with Gasteiger partial charge < -0.3 is 0 Å². The molecule has 0 aromatic carbocycles. The molecule has 4 heteroatoms. The molecule has 0 unspecified atom stereocenters. The molecule has 1 heterocycles. The molecule has 0 atom stereocenters. The summed E-state index contributed by atoms with van der Waals surface area (Å²) >= 11 is 0. The first-order valence-corrected chi connectivity index (χ1v) is 7.68. The minimum Gasteiger partial charge on any atom is -0.298 e. The van der Waals surface area contributed by atoms with Crippen molar-refractivity contribution in [2.45, 2.75) is 57.4 Å². The second-order valence-electron chi connectivity index (χ2n) is 6.03. The van der Waals surface area contributed by atoms with Crippen molar-refractivity contribution >= 4 is 17.6 Å². The quantitative estimate of drug-likeness (QED) is 0.444. The summed E-state index contributed by atoms with van der Waals surface area (Å²) in [6, 6.07) is -0.0409. The van der Waals surface area contributed by atoms with E-state index in [0.29, 0.717) is 0 Å². The van der Waals surface area contributed by atoms with Crippen molar-refractivity contribution in [2.75, 3.05) is 0 Å². The van der Waals surface area contributed by atoms with Crippen molar-refractivity contribution in [2.24, 2.45) is 5.41 Å². The molecule has 1 aliphatic heterocycles. The van der Waals surface area contributed by atoms with E-state index in [4.69, 9.17) is 0 Å². The van der Waals surface area contributed by atoms with Gasteiger partial charge in [0.05, 0.1) is 6.42 Å². The first-order chi connectivity index (χ1) is 10.1. The van der Waals surface area contributed by atoms with Crippen LogP contribution in [0.15, 0.2) is 25.3 Å². The van der Waals surface area contributed by atoms with Gasteiger partial charge >= 0.3 is 0 Å². The van der Waals surface area contributed by atoms with Crippen molar-refractivity contribution in [1.82, 2.24) is 4.90 Å². The van der Waals surface area contributed by atoms with E-state index in [1.165, 1.54) is 4.90 Å².